The molecule has 5 aromatic rings. The van der Waals surface area contributed by atoms with Gasteiger partial charge < -0.3 is 19.8 Å². The first-order valence-electron chi connectivity index (χ1n) is 11.4. The molecule has 8 heteroatoms. The maximum atomic E-state index is 12.4. The van der Waals surface area contributed by atoms with Gasteiger partial charge in [0, 0.05) is 17.1 Å². The number of hydrogen-bond acceptors (Lipinski definition) is 6. The highest BCUT2D eigenvalue weighted by Crippen LogP contribution is 2.31. The van der Waals surface area contributed by atoms with E-state index in [9.17, 15) is 9.59 Å². The molecule has 0 saturated carbocycles. The normalized spacial score (nSPS) is 10.9. The molecule has 180 valence electrons. The Morgan fingerprint density at radius 2 is 1.78 bits per heavy atom. The minimum Gasteiger partial charge on any atom is -0.462 e. The molecule has 2 N–H and O–H groups in total. The second-order valence-electron chi connectivity index (χ2n) is 7.93. The molecule has 36 heavy (non-hydrogen) atoms. The van der Waals surface area contributed by atoms with Gasteiger partial charge in [0.2, 0.25) is 5.91 Å². The maximum Gasteiger partial charge on any atom is 0.338 e. The molecule has 1 aromatic heterocycles. The quantitative estimate of drug-likeness (QED) is 0.190. The number of rotatable bonds is 8. The molecule has 0 aliphatic rings. The third kappa shape index (κ3) is 5.34. The van der Waals surface area contributed by atoms with E-state index < -0.39 is 0 Å². The standard InChI is InChI=1S/C28H23N3O4S/c1-2-34-27(33)19-10-12-20(13-11-19)29-26(32)17-36-28-30-23-15-14-21(16-24(23)31-28)35-25-9-5-7-18-6-3-4-8-22(18)25/h3-16H,2,17H2,1H3,(H,29,32)(H,30,31). The average molecular weight is 498 g/mol. The summed E-state index contributed by atoms with van der Waals surface area (Å²) in [4.78, 5) is 32.0. The molecule has 5 rings (SSSR count). The summed E-state index contributed by atoms with van der Waals surface area (Å²) in [6.07, 6.45) is 0. The number of aromatic nitrogens is 2. The number of H-pyrrole nitrogens is 1. The first-order chi connectivity index (χ1) is 17.6. The Balaban J connectivity index is 1.21. The molecule has 0 aliphatic heterocycles. The van der Waals surface area contributed by atoms with Crippen LogP contribution in [0.2, 0.25) is 0 Å². The van der Waals surface area contributed by atoms with Crippen molar-refractivity contribution >= 4 is 51.1 Å². The van der Waals surface area contributed by atoms with Gasteiger partial charge in [-0.05, 0) is 54.8 Å². The average Bonchev–Trinajstić information content (AvgIpc) is 3.31. The summed E-state index contributed by atoms with van der Waals surface area (Å²) in [7, 11) is 0. The van der Waals surface area contributed by atoms with Crippen LogP contribution in [0.1, 0.15) is 17.3 Å². The second-order valence-corrected chi connectivity index (χ2v) is 8.90. The van der Waals surface area contributed by atoms with Gasteiger partial charge in [-0.3, -0.25) is 4.79 Å². The minimum atomic E-state index is -0.388. The van der Waals surface area contributed by atoms with Gasteiger partial charge in [0.05, 0.1) is 29.0 Å². The van der Waals surface area contributed by atoms with Gasteiger partial charge in [-0.1, -0.05) is 48.2 Å². The summed E-state index contributed by atoms with van der Waals surface area (Å²) in [6, 6.07) is 26.3. The predicted molar refractivity (Wildman–Crippen MR) is 142 cm³/mol. The van der Waals surface area contributed by atoms with Crippen LogP contribution in [0.25, 0.3) is 21.8 Å². The van der Waals surface area contributed by atoms with Crippen LogP contribution in [0.5, 0.6) is 11.5 Å². The number of esters is 1. The Hall–Kier alpha value is -4.30. The number of aromatic amines is 1. The number of ether oxygens (including phenoxy) is 2. The maximum absolute atomic E-state index is 12.4. The number of thioether (sulfide) groups is 1. The predicted octanol–water partition coefficient (Wildman–Crippen LogP) is 6.42. The highest BCUT2D eigenvalue weighted by molar-refractivity contribution is 7.99. The van der Waals surface area contributed by atoms with Crippen molar-refractivity contribution in [1.29, 1.82) is 0 Å². The van der Waals surface area contributed by atoms with Gasteiger partial charge in [0.1, 0.15) is 11.5 Å². The number of amides is 1. The highest BCUT2D eigenvalue weighted by atomic mass is 32.2. The van der Waals surface area contributed by atoms with Crippen molar-refractivity contribution in [3.05, 3.63) is 90.5 Å². The molecule has 0 atom stereocenters. The number of imidazole rings is 1. The zero-order valence-corrected chi connectivity index (χ0v) is 20.3. The Morgan fingerprint density at radius 1 is 0.972 bits per heavy atom. The summed E-state index contributed by atoms with van der Waals surface area (Å²) < 4.78 is 11.1. The van der Waals surface area contributed by atoms with Crippen molar-refractivity contribution < 1.29 is 19.1 Å². The summed E-state index contributed by atoms with van der Waals surface area (Å²) in [5, 5.41) is 5.62. The molecule has 0 fully saturated rings. The van der Waals surface area contributed by atoms with E-state index in [1.54, 1.807) is 31.2 Å². The molecular formula is C28H23N3O4S. The lowest BCUT2D eigenvalue weighted by atomic mass is 10.1. The number of benzene rings is 4. The molecule has 0 bridgehead atoms. The van der Waals surface area contributed by atoms with Gasteiger partial charge in [0.15, 0.2) is 5.16 Å². The highest BCUT2D eigenvalue weighted by Gasteiger charge is 2.11. The lowest BCUT2D eigenvalue weighted by Gasteiger charge is -2.08. The number of carbonyl (C=O) groups excluding carboxylic acids is 2. The van der Waals surface area contributed by atoms with E-state index in [4.69, 9.17) is 9.47 Å². The minimum absolute atomic E-state index is 0.177. The largest absolute Gasteiger partial charge is 0.462 e. The van der Waals surface area contributed by atoms with E-state index in [0.717, 1.165) is 27.6 Å². The van der Waals surface area contributed by atoms with Crippen molar-refractivity contribution in [3.8, 4) is 11.5 Å². The van der Waals surface area contributed by atoms with E-state index in [2.05, 4.69) is 27.4 Å². The van der Waals surface area contributed by atoms with Crippen molar-refractivity contribution in [3.63, 3.8) is 0 Å². The SMILES string of the molecule is CCOC(=O)c1ccc(NC(=O)CSc2nc3ccc(Oc4cccc5ccccc45)cc3[nH]2)cc1. The van der Waals surface area contributed by atoms with Crippen LogP contribution >= 0.6 is 11.8 Å². The fourth-order valence-corrected chi connectivity index (χ4v) is 4.43. The van der Waals surface area contributed by atoms with Crippen molar-refractivity contribution in [2.45, 2.75) is 12.1 Å². The van der Waals surface area contributed by atoms with Crippen molar-refractivity contribution in [2.24, 2.45) is 0 Å². The van der Waals surface area contributed by atoms with Crippen molar-refractivity contribution in [2.75, 3.05) is 17.7 Å². The van der Waals surface area contributed by atoms with E-state index in [1.165, 1.54) is 11.8 Å². The topological polar surface area (TPSA) is 93.3 Å². The van der Waals surface area contributed by atoms with E-state index >= 15 is 0 Å². The van der Waals surface area contributed by atoms with Crippen LogP contribution in [-0.2, 0) is 9.53 Å². The first-order valence-corrected chi connectivity index (χ1v) is 12.4. The van der Waals surface area contributed by atoms with Gasteiger partial charge in [-0.2, -0.15) is 0 Å². The fourth-order valence-electron chi connectivity index (χ4n) is 3.74. The van der Waals surface area contributed by atoms with Gasteiger partial charge >= 0.3 is 5.97 Å². The molecule has 1 amide bonds. The summed E-state index contributed by atoms with van der Waals surface area (Å²) in [6.45, 7) is 2.07. The third-order valence-corrected chi connectivity index (χ3v) is 6.30. The van der Waals surface area contributed by atoms with Crippen LogP contribution in [0.15, 0.2) is 90.1 Å². The van der Waals surface area contributed by atoms with Crippen LogP contribution in [0, 0.1) is 0 Å². The summed E-state index contributed by atoms with van der Waals surface area (Å²) >= 11 is 1.31. The first kappa shape index (κ1) is 23.4. The molecule has 0 aliphatic carbocycles. The zero-order valence-electron chi connectivity index (χ0n) is 19.5. The van der Waals surface area contributed by atoms with Crippen LogP contribution < -0.4 is 10.1 Å². The van der Waals surface area contributed by atoms with Gasteiger partial charge in [-0.15, -0.1) is 0 Å². The fraction of sp³-hybridized carbons (Fsp3) is 0.107. The van der Waals surface area contributed by atoms with Crippen LogP contribution in [-0.4, -0.2) is 34.2 Å². The third-order valence-electron chi connectivity index (χ3n) is 5.43. The number of hydrogen-bond donors (Lipinski definition) is 2. The second kappa shape index (κ2) is 10.5. The summed E-state index contributed by atoms with van der Waals surface area (Å²) in [5.41, 5.74) is 2.66. The zero-order chi connectivity index (χ0) is 24.9. The lowest BCUT2D eigenvalue weighted by Crippen LogP contribution is -2.14. The van der Waals surface area contributed by atoms with E-state index in [-0.39, 0.29) is 17.6 Å². The molecule has 0 saturated heterocycles. The molecule has 1 heterocycles. The lowest BCUT2D eigenvalue weighted by molar-refractivity contribution is -0.113. The Labute approximate surface area is 211 Å². The smallest absolute Gasteiger partial charge is 0.338 e. The van der Waals surface area contributed by atoms with E-state index in [1.807, 2.05) is 48.5 Å². The monoisotopic (exact) mass is 497 g/mol. The Bertz CT molecular complexity index is 1540. The number of fused-ring (bicyclic) bond motifs is 2. The number of anilines is 1. The number of carbonyl (C=O) groups is 2. The van der Waals surface area contributed by atoms with E-state index in [0.29, 0.717) is 28.8 Å². The Morgan fingerprint density at radius 3 is 2.61 bits per heavy atom. The van der Waals surface area contributed by atoms with Crippen LogP contribution in [0.3, 0.4) is 0 Å². The molecule has 0 radical (unpaired) electrons. The molecule has 0 spiro atoms. The molecule has 0 unspecified atom stereocenters. The number of nitrogens with zero attached hydrogens (tertiary/aromatic N) is 1. The summed E-state index contributed by atoms with van der Waals surface area (Å²) in [5.74, 6) is 1.10. The molecule has 7 nitrogen and oxygen atoms in total. The van der Waals surface area contributed by atoms with Crippen molar-refractivity contribution in [1.82, 2.24) is 9.97 Å². The Kier molecular flexibility index (Phi) is 6.86. The van der Waals surface area contributed by atoms with Gasteiger partial charge in [-0.25, -0.2) is 9.78 Å². The molecular weight excluding hydrogens is 474 g/mol. The van der Waals surface area contributed by atoms with Gasteiger partial charge in [0.25, 0.3) is 0 Å². The molecule has 4 aromatic carbocycles. The number of nitrogens with one attached hydrogen (secondary N) is 2. The van der Waals surface area contributed by atoms with Crippen LogP contribution in [0.4, 0.5) is 5.69 Å².